The Hall–Kier alpha value is -2.95. The Balaban J connectivity index is 1.61. The Morgan fingerprint density at radius 3 is 2.57 bits per heavy atom. The summed E-state index contributed by atoms with van der Waals surface area (Å²) in [6.07, 6.45) is 9.72. The number of aromatic nitrogens is 2. The van der Waals surface area contributed by atoms with E-state index < -0.39 is 0 Å². The minimum absolute atomic E-state index is 0.00496. The lowest BCUT2D eigenvalue weighted by Crippen LogP contribution is -2.34. The molecule has 0 radical (unpaired) electrons. The van der Waals surface area contributed by atoms with Crippen molar-refractivity contribution in [1.29, 1.82) is 0 Å². The number of fused-ring (bicyclic) bond motifs is 1. The fourth-order valence-corrected chi connectivity index (χ4v) is 3.69. The van der Waals surface area contributed by atoms with Gasteiger partial charge in [0.05, 0.1) is 29.6 Å². The first-order valence-corrected chi connectivity index (χ1v) is 10.0. The van der Waals surface area contributed by atoms with E-state index in [0.29, 0.717) is 6.54 Å². The van der Waals surface area contributed by atoms with Gasteiger partial charge in [-0.25, -0.2) is 4.79 Å². The molecule has 0 aliphatic heterocycles. The number of rotatable bonds is 4. The van der Waals surface area contributed by atoms with Crippen LogP contribution in [0.15, 0.2) is 60.9 Å². The molecule has 1 saturated carbocycles. The Morgan fingerprint density at radius 1 is 1.00 bits per heavy atom. The van der Waals surface area contributed by atoms with Gasteiger partial charge in [0.1, 0.15) is 6.10 Å². The highest BCUT2D eigenvalue weighted by Crippen LogP contribution is 2.25. The molecule has 1 amide bonds. The molecule has 28 heavy (non-hydrogen) atoms. The maximum atomic E-state index is 13.1. The van der Waals surface area contributed by atoms with Crippen molar-refractivity contribution in [2.24, 2.45) is 0 Å². The normalized spacial score (nSPS) is 15.1. The molecule has 0 bridgehead atoms. The van der Waals surface area contributed by atoms with Gasteiger partial charge in [-0.05, 0) is 49.9 Å². The van der Waals surface area contributed by atoms with Crippen LogP contribution in [-0.2, 0) is 11.3 Å². The number of pyridine rings is 2. The summed E-state index contributed by atoms with van der Waals surface area (Å²) in [7, 11) is 0. The van der Waals surface area contributed by atoms with Crippen molar-refractivity contribution < 1.29 is 9.53 Å². The Bertz CT molecular complexity index is 921. The van der Waals surface area contributed by atoms with Crippen molar-refractivity contribution in [2.75, 3.05) is 4.90 Å². The lowest BCUT2D eigenvalue weighted by atomic mass is 10.1. The average Bonchev–Trinajstić information content (AvgIpc) is 3.01. The average molecular weight is 375 g/mol. The quantitative estimate of drug-likeness (QED) is 0.565. The summed E-state index contributed by atoms with van der Waals surface area (Å²) in [6.45, 7) is 0.354. The first-order valence-electron chi connectivity index (χ1n) is 10.0. The van der Waals surface area contributed by atoms with Crippen LogP contribution in [0.3, 0.4) is 0 Å². The lowest BCUT2D eigenvalue weighted by Gasteiger charge is -2.25. The largest absolute Gasteiger partial charge is 0.446 e. The van der Waals surface area contributed by atoms with E-state index in [9.17, 15) is 4.79 Å². The molecule has 5 heteroatoms. The van der Waals surface area contributed by atoms with Crippen molar-refractivity contribution in [1.82, 2.24) is 9.97 Å². The van der Waals surface area contributed by atoms with Crippen molar-refractivity contribution in [3.05, 3.63) is 66.6 Å². The van der Waals surface area contributed by atoms with Crippen LogP contribution in [0.5, 0.6) is 0 Å². The van der Waals surface area contributed by atoms with E-state index in [2.05, 4.69) is 9.97 Å². The number of hydrogen-bond acceptors (Lipinski definition) is 4. The van der Waals surface area contributed by atoms with E-state index in [-0.39, 0.29) is 12.2 Å². The summed E-state index contributed by atoms with van der Waals surface area (Å²) < 4.78 is 5.90. The molecule has 144 valence electrons. The van der Waals surface area contributed by atoms with Crippen LogP contribution in [0.25, 0.3) is 10.9 Å². The van der Waals surface area contributed by atoms with Gasteiger partial charge >= 0.3 is 6.09 Å². The molecule has 0 spiro atoms. The summed E-state index contributed by atoms with van der Waals surface area (Å²) in [5.74, 6) is 0. The number of carbonyl (C=O) groups is 1. The molecule has 0 saturated heterocycles. The van der Waals surface area contributed by atoms with Crippen molar-refractivity contribution in [3.63, 3.8) is 0 Å². The van der Waals surface area contributed by atoms with Gasteiger partial charge in [0.15, 0.2) is 0 Å². The fourth-order valence-electron chi connectivity index (χ4n) is 3.69. The zero-order valence-corrected chi connectivity index (χ0v) is 16.0. The van der Waals surface area contributed by atoms with E-state index in [1.54, 1.807) is 17.3 Å². The fraction of sp³-hybridized carbons (Fsp3) is 0.348. The molecular formula is C23H25N3O2. The highest BCUT2D eigenvalue weighted by molar-refractivity contribution is 5.91. The van der Waals surface area contributed by atoms with Crippen molar-refractivity contribution >= 4 is 22.7 Å². The molecule has 4 rings (SSSR count). The van der Waals surface area contributed by atoms with E-state index >= 15 is 0 Å². The molecule has 1 aliphatic carbocycles. The summed E-state index contributed by atoms with van der Waals surface area (Å²) in [6, 6.07) is 15.6. The Morgan fingerprint density at radius 2 is 1.79 bits per heavy atom. The van der Waals surface area contributed by atoms with Gasteiger partial charge in [-0.3, -0.25) is 14.9 Å². The van der Waals surface area contributed by atoms with E-state index in [4.69, 9.17) is 4.74 Å². The zero-order valence-electron chi connectivity index (χ0n) is 16.0. The number of benzene rings is 1. The standard InChI is InChI=1S/C23H25N3O2/c27-23(28-21-11-3-1-2-4-12-21)26(17-19-10-7-8-14-24-19)20-15-18-9-5-6-13-22(18)25-16-20/h5-10,13-16,21H,1-4,11-12,17H2. The van der Waals surface area contributed by atoms with Gasteiger partial charge in [0, 0.05) is 11.6 Å². The van der Waals surface area contributed by atoms with Crippen LogP contribution in [0.4, 0.5) is 10.5 Å². The number of anilines is 1. The first-order chi connectivity index (χ1) is 13.8. The van der Waals surface area contributed by atoms with Gasteiger partial charge < -0.3 is 4.74 Å². The summed E-state index contributed by atoms with van der Waals surface area (Å²) in [5.41, 5.74) is 2.44. The Labute approximate surface area is 165 Å². The van der Waals surface area contributed by atoms with Crippen LogP contribution < -0.4 is 4.90 Å². The smallest absolute Gasteiger partial charge is 0.414 e. The number of carbonyl (C=O) groups excluding carboxylic acids is 1. The van der Waals surface area contributed by atoms with Gasteiger partial charge in [-0.1, -0.05) is 37.1 Å². The minimum Gasteiger partial charge on any atom is -0.446 e. The van der Waals surface area contributed by atoms with E-state index in [0.717, 1.165) is 48.0 Å². The van der Waals surface area contributed by atoms with Crippen LogP contribution in [-0.4, -0.2) is 22.2 Å². The predicted molar refractivity (Wildman–Crippen MR) is 110 cm³/mol. The molecule has 1 aliphatic rings. The molecule has 0 N–H and O–H groups in total. The second kappa shape index (κ2) is 8.83. The highest BCUT2D eigenvalue weighted by atomic mass is 16.6. The molecule has 0 atom stereocenters. The maximum Gasteiger partial charge on any atom is 0.414 e. The van der Waals surface area contributed by atoms with Crippen LogP contribution in [0, 0.1) is 0 Å². The molecular weight excluding hydrogens is 350 g/mol. The monoisotopic (exact) mass is 375 g/mol. The third-order valence-electron chi connectivity index (χ3n) is 5.22. The first kappa shape index (κ1) is 18.4. The van der Waals surface area contributed by atoms with Crippen molar-refractivity contribution in [3.8, 4) is 0 Å². The second-order valence-electron chi connectivity index (χ2n) is 7.29. The van der Waals surface area contributed by atoms with E-state index in [1.165, 1.54) is 12.8 Å². The van der Waals surface area contributed by atoms with Crippen molar-refractivity contribution in [2.45, 2.75) is 51.2 Å². The van der Waals surface area contributed by atoms with E-state index in [1.807, 2.05) is 48.5 Å². The number of para-hydroxylation sites is 1. The third-order valence-corrected chi connectivity index (χ3v) is 5.22. The number of amides is 1. The van der Waals surface area contributed by atoms with Gasteiger partial charge in [-0.15, -0.1) is 0 Å². The minimum atomic E-state index is -0.324. The Kier molecular flexibility index (Phi) is 5.80. The molecule has 3 aromatic rings. The highest BCUT2D eigenvalue weighted by Gasteiger charge is 2.23. The second-order valence-corrected chi connectivity index (χ2v) is 7.29. The topological polar surface area (TPSA) is 55.3 Å². The van der Waals surface area contributed by atoms with Crippen LogP contribution in [0.1, 0.15) is 44.2 Å². The third kappa shape index (κ3) is 4.47. The predicted octanol–water partition coefficient (Wildman–Crippen LogP) is 5.50. The summed E-state index contributed by atoms with van der Waals surface area (Å²) in [5, 5.41) is 0.994. The molecule has 2 heterocycles. The number of ether oxygens (including phenoxy) is 1. The number of nitrogens with zero attached hydrogens (tertiary/aromatic N) is 3. The summed E-state index contributed by atoms with van der Waals surface area (Å²) in [4.78, 5) is 23.7. The molecule has 2 aromatic heterocycles. The number of hydrogen-bond donors (Lipinski definition) is 0. The van der Waals surface area contributed by atoms with Crippen LogP contribution >= 0.6 is 0 Å². The zero-order chi connectivity index (χ0) is 19.2. The van der Waals surface area contributed by atoms with Gasteiger partial charge in [-0.2, -0.15) is 0 Å². The molecule has 5 nitrogen and oxygen atoms in total. The maximum absolute atomic E-state index is 13.1. The van der Waals surface area contributed by atoms with Crippen LogP contribution in [0.2, 0.25) is 0 Å². The molecule has 1 aromatic carbocycles. The van der Waals surface area contributed by atoms with Gasteiger partial charge in [0.25, 0.3) is 0 Å². The SMILES string of the molecule is O=C(OC1CCCCCC1)N(Cc1ccccn1)c1cnc2ccccc2c1. The van der Waals surface area contributed by atoms with Gasteiger partial charge in [0.2, 0.25) is 0 Å². The summed E-state index contributed by atoms with van der Waals surface area (Å²) >= 11 is 0. The lowest BCUT2D eigenvalue weighted by molar-refractivity contribution is 0.0945. The molecule has 1 fully saturated rings. The molecule has 0 unspecified atom stereocenters.